The molecular formula is C24H25ClN2O3. The summed E-state index contributed by atoms with van der Waals surface area (Å²) in [5.74, 6) is 1.76. The zero-order valence-electron chi connectivity index (χ0n) is 17.6. The molecule has 1 unspecified atom stereocenters. The minimum absolute atomic E-state index is 0.185. The number of carbonyl (C=O) groups is 1. The second kappa shape index (κ2) is 9.63. The summed E-state index contributed by atoms with van der Waals surface area (Å²) in [7, 11) is 1.62. The maximum atomic E-state index is 13.3. The maximum absolute atomic E-state index is 13.3. The van der Waals surface area contributed by atoms with Gasteiger partial charge in [0.05, 0.1) is 13.7 Å². The van der Waals surface area contributed by atoms with Crippen molar-refractivity contribution < 1.29 is 14.3 Å². The first-order valence-corrected chi connectivity index (χ1v) is 10.1. The van der Waals surface area contributed by atoms with Crippen LogP contribution in [0.25, 0.3) is 0 Å². The Bertz CT molecular complexity index is 984. The van der Waals surface area contributed by atoms with Crippen molar-refractivity contribution in [3.63, 3.8) is 0 Å². The predicted molar refractivity (Wildman–Crippen MR) is 119 cm³/mol. The van der Waals surface area contributed by atoms with Gasteiger partial charge < -0.3 is 9.47 Å². The lowest BCUT2D eigenvalue weighted by Crippen LogP contribution is -2.40. The quantitative estimate of drug-likeness (QED) is 0.512. The van der Waals surface area contributed by atoms with Crippen LogP contribution in [0.2, 0.25) is 5.02 Å². The molecule has 0 aliphatic heterocycles. The molecule has 0 N–H and O–H groups in total. The Hall–Kier alpha value is -3.05. The summed E-state index contributed by atoms with van der Waals surface area (Å²) in [6.45, 7) is 5.94. The molecule has 0 aliphatic carbocycles. The lowest BCUT2D eigenvalue weighted by molar-refractivity contribution is -0.124. The van der Waals surface area contributed by atoms with Gasteiger partial charge in [0.15, 0.2) is 6.10 Å². The van der Waals surface area contributed by atoms with Gasteiger partial charge >= 0.3 is 0 Å². The molecule has 1 atom stereocenters. The SMILES string of the molecule is COc1ccc(CN(C(=O)C(C)Oc2cc(C)c(Cl)c(C)c2)c2ccccn2)cc1. The molecule has 30 heavy (non-hydrogen) atoms. The highest BCUT2D eigenvalue weighted by atomic mass is 35.5. The van der Waals surface area contributed by atoms with E-state index in [1.165, 1.54) is 0 Å². The number of nitrogens with zero attached hydrogens (tertiary/aromatic N) is 2. The van der Waals surface area contributed by atoms with E-state index in [9.17, 15) is 4.79 Å². The van der Waals surface area contributed by atoms with Crippen LogP contribution in [0.5, 0.6) is 11.5 Å². The number of amides is 1. The standard InChI is InChI=1S/C24H25ClN2O3/c1-16-13-21(14-17(2)23(16)25)30-18(3)24(28)27(22-7-5-6-12-26-22)15-19-8-10-20(29-4)11-9-19/h5-14,18H,15H2,1-4H3. The van der Waals surface area contributed by atoms with Crippen LogP contribution in [0.3, 0.4) is 0 Å². The number of benzene rings is 2. The molecule has 5 nitrogen and oxygen atoms in total. The van der Waals surface area contributed by atoms with E-state index in [-0.39, 0.29) is 5.91 Å². The molecule has 0 saturated carbocycles. The number of halogens is 1. The van der Waals surface area contributed by atoms with Gasteiger partial charge in [-0.15, -0.1) is 0 Å². The van der Waals surface area contributed by atoms with E-state index in [1.54, 1.807) is 25.1 Å². The van der Waals surface area contributed by atoms with Crippen molar-refractivity contribution in [2.45, 2.75) is 33.4 Å². The number of hydrogen-bond acceptors (Lipinski definition) is 4. The molecule has 0 aliphatic rings. The number of ether oxygens (including phenoxy) is 2. The first-order valence-electron chi connectivity index (χ1n) is 9.67. The van der Waals surface area contributed by atoms with Gasteiger partial charge in [-0.05, 0) is 73.9 Å². The second-order valence-electron chi connectivity index (χ2n) is 7.09. The zero-order valence-corrected chi connectivity index (χ0v) is 18.3. The van der Waals surface area contributed by atoms with Crippen molar-refractivity contribution in [3.05, 3.63) is 82.5 Å². The van der Waals surface area contributed by atoms with Crippen LogP contribution in [0.15, 0.2) is 60.8 Å². The molecule has 2 aromatic carbocycles. The Morgan fingerprint density at radius 1 is 1.07 bits per heavy atom. The first kappa shape index (κ1) is 21.7. The number of aryl methyl sites for hydroxylation is 2. The van der Waals surface area contributed by atoms with Gasteiger partial charge in [-0.25, -0.2) is 4.98 Å². The van der Waals surface area contributed by atoms with E-state index >= 15 is 0 Å². The van der Waals surface area contributed by atoms with Gasteiger partial charge in [-0.2, -0.15) is 0 Å². The van der Waals surface area contributed by atoms with E-state index < -0.39 is 6.10 Å². The van der Waals surface area contributed by atoms with Gasteiger partial charge in [0.1, 0.15) is 17.3 Å². The average molecular weight is 425 g/mol. The molecule has 1 aromatic heterocycles. The largest absolute Gasteiger partial charge is 0.497 e. The predicted octanol–water partition coefficient (Wildman–Crippen LogP) is 5.36. The molecule has 6 heteroatoms. The van der Waals surface area contributed by atoms with E-state index in [4.69, 9.17) is 21.1 Å². The molecule has 0 fully saturated rings. The van der Waals surface area contributed by atoms with Crippen molar-refractivity contribution in [1.82, 2.24) is 4.98 Å². The van der Waals surface area contributed by atoms with Crippen molar-refractivity contribution in [2.24, 2.45) is 0 Å². The number of pyridine rings is 1. The Labute approximate surface area is 182 Å². The Kier molecular flexibility index (Phi) is 6.95. The van der Waals surface area contributed by atoms with Crippen molar-refractivity contribution in [2.75, 3.05) is 12.0 Å². The Morgan fingerprint density at radius 3 is 2.30 bits per heavy atom. The second-order valence-corrected chi connectivity index (χ2v) is 7.47. The zero-order chi connectivity index (χ0) is 21.7. The van der Waals surface area contributed by atoms with Crippen molar-refractivity contribution in [1.29, 1.82) is 0 Å². The van der Waals surface area contributed by atoms with Crippen LogP contribution in [0, 0.1) is 13.8 Å². The maximum Gasteiger partial charge on any atom is 0.269 e. The van der Waals surface area contributed by atoms with Crippen LogP contribution in [-0.4, -0.2) is 24.1 Å². The van der Waals surface area contributed by atoms with E-state index in [0.717, 1.165) is 22.4 Å². The smallest absolute Gasteiger partial charge is 0.269 e. The van der Waals surface area contributed by atoms with Gasteiger partial charge in [0, 0.05) is 11.2 Å². The monoisotopic (exact) mass is 424 g/mol. The molecular weight excluding hydrogens is 400 g/mol. The number of methoxy groups -OCH3 is 1. The van der Waals surface area contributed by atoms with Gasteiger partial charge in [-0.1, -0.05) is 29.8 Å². The van der Waals surface area contributed by atoms with Gasteiger partial charge in [-0.3, -0.25) is 9.69 Å². The third-order valence-corrected chi connectivity index (χ3v) is 5.36. The van der Waals surface area contributed by atoms with E-state index in [0.29, 0.717) is 23.1 Å². The molecule has 3 aromatic rings. The lowest BCUT2D eigenvalue weighted by Gasteiger charge is -2.26. The summed E-state index contributed by atoms with van der Waals surface area (Å²) in [5.41, 5.74) is 2.78. The lowest BCUT2D eigenvalue weighted by atomic mass is 10.1. The van der Waals surface area contributed by atoms with Crippen LogP contribution in [0.4, 0.5) is 5.82 Å². The number of hydrogen-bond donors (Lipinski definition) is 0. The minimum Gasteiger partial charge on any atom is -0.497 e. The minimum atomic E-state index is -0.703. The number of aromatic nitrogens is 1. The number of anilines is 1. The number of carbonyl (C=O) groups excluding carboxylic acids is 1. The highest BCUT2D eigenvalue weighted by molar-refractivity contribution is 6.32. The van der Waals surface area contributed by atoms with E-state index in [1.807, 2.05) is 68.4 Å². The molecule has 0 spiro atoms. The Balaban J connectivity index is 1.84. The summed E-state index contributed by atoms with van der Waals surface area (Å²) < 4.78 is 11.2. The molecule has 1 amide bonds. The fraction of sp³-hybridized carbons (Fsp3) is 0.250. The molecule has 0 radical (unpaired) electrons. The molecule has 1 heterocycles. The topological polar surface area (TPSA) is 51.7 Å². The van der Waals surface area contributed by atoms with Gasteiger partial charge in [0.2, 0.25) is 0 Å². The summed E-state index contributed by atoms with van der Waals surface area (Å²) in [4.78, 5) is 19.3. The summed E-state index contributed by atoms with van der Waals surface area (Å²) in [6.07, 6.45) is 0.964. The molecule has 0 saturated heterocycles. The first-order chi connectivity index (χ1) is 14.4. The highest BCUT2D eigenvalue weighted by Gasteiger charge is 2.25. The average Bonchev–Trinajstić information content (AvgIpc) is 2.76. The van der Waals surface area contributed by atoms with Gasteiger partial charge in [0.25, 0.3) is 5.91 Å². The highest BCUT2D eigenvalue weighted by Crippen LogP contribution is 2.27. The fourth-order valence-corrected chi connectivity index (χ4v) is 3.26. The van der Waals surface area contributed by atoms with Crippen molar-refractivity contribution in [3.8, 4) is 11.5 Å². The molecule has 3 rings (SSSR count). The van der Waals surface area contributed by atoms with Crippen LogP contribution < -0.4 is 14.4 Å². The van der Waals surface area contributed by atoms with Crippen LogP contribution in [0.1, 0.15) is 23.6 Å². The van der Waals surface area contributed by atoms with Crippen molar-refractivity contribution >= 4 is 23.3 Å². The third-order valence-electron chi connectivity index (χ3n) is 4.76. The van der Waals surface area contributed by atoms with Crippen LogP contribution in [-0.2, 0) is 11.3 Å². The normalized spacial score (nSPS) is 11.6. The molecule has 0 bridgehead atoms. The summed E-state index contributed by atoms with van der Waals surface area (Å²) >= 11 is 6.24. The molecule has 156 valence electrons. The third kappa shape index (κ3) is 5.10. The number of rotatable bonds is 7. The fourth-order valence-electron chi connectivity index (χ4n) is 3.15. The van der Waals surface area contributed by atoms with Crippen LogP contribution >= 0.6 is 11.6 Å². The summed E-state index contributed by atoms with van der Waals surface area (Å²) in [5, 5.41) is 0.705. The van der Waals surface area contributed by atoms with E-state index in [2.05, 4.69) is 4.98 Å². The summed E-state index contributed by atoms with van der Waals surface area (Å²) in [6, 6.07) is 16.8. The Morgan fingerprint density at radius 2 is 1.73 bits per heavy atom.